The number of carbonyl (C=O) groups is 1. The van der Waals surface area contributed by atoms with Crippen molar-refractivity contribution >= 4 is 6.29 Å². The lowest BCUT2D eigenvalue weighted by Crippen LogP contribution is -2.14. The van der Waals surface area contributed by atoms with Crippen LogP contribution in [-0.2, 0) is 4.79 Å². The van der Waals surface area contributed by atoms with Crippen LogP contribution >= 0.6 is 0 Å². The molecule has 0 aliphatic heterocycles. The van der Waals surface area contributed by atoms with Gasteiger partial charge in [0.05, 0.1) is 0 Å². The van der Waals surface area contributed by atoms with Gasteiger partial charge in [0.2, 0.25) is 0 Å². The Balaban J connectivity index is 1.82. The molecule has 0 spiro atoms. The zero-order chi connectivity index (χ0) is 6.27. The Hall–Kier alpha value is -0.330. The van der Waals surface area contributed by atoms with E-state index >= 15 is 0 Å². The highest BCUT2D eigenvalue weighted by molar-refractivity contribution is 5.58. The number of carbonyl (C=O) groups excluding carboxylic acids is 1. The third-order valence-corrected chi connectivity index (χ3v) is 2.82. The van der Waals surface area contributed by atoms with Crippen molar-refractivity contribution in [2.45, 2.75) is 25.7 Å². The first-order chi connectivity index (χ1) is 4.42. The molecule has 0 aromatic rings. The fourth-order valence-electron chi connectivity index (χ4n) is 1.80. The van der Waals surface area contributed by atoms with Gasteiger partial charge in [0.1, 0.15) is 6.29 Å². The lowest BCUT2D eigenvalue weighted by molar-refractivity contribution is -0.109. The van der Waals surface area contributed by atoms with Crippen LogP contribution in [0.1, 0.15) is 25.7 Å². The summed E-state index contributed by atoms with van der Waals surface area (Å²) in [5.41, 5.74) is 0. The lowest BCUT2D eigenvalue weighted by Gasteiger charge is -2.24. The van der Waals surface area contributed by atoms with E-state index in [2.05, 4.69) is 0 Å². The van der Waals surface area contributed by atoms with Gasteiger partial charge in [-0.05, 0) is 18.3 Å². The van der Waals surface area contributed by atoms with Crippen LogP contribution in [0.4, 0.5) is 0 Å². The molecule has 9 heavy (non-hydrogen) atoms. The molecule has 0 aromatic heterocycles. The molecule has 0 amide bonds. The molecule has 50 valence electrons. The summed E-state index contributed by atoms with van der Waals surface area (Å²) in [5.74, 6) is 2.23. The molecule has 1 nitrogen and oxygen atoms in total. The van der Waals surface area contributed by atoms with Crippen molar-refractivity contribution in [1.82, 2.24) is 0 Å². The SMILES string of the molecule is O=CC1CC1C1CCC1. The second-order valence-electron chi connectivity index (χ2n) is 3.39. The molecule has 0 radical (unpaired) electrons. The van der Waals surface area contributed by atoms with E-state index < -0.39 is 0 Å². The summed E-state index contributed by atoms with van der Waals surface area (Å²) in [5, 5.41) is 0. The van der Waals surface area contributed by atoms with E-state index in [9.17, 15) is 4.79 Å². The van der Waals surface area contributed by atoms with Crippen molar-refractivity contribution in [3.63, 3.8) is 0 Å². The quantitative estimate of drug-likeness (QED) is 0.511. The Bertz CT molecular complexity index is 127. The summed E-state index contributed by atoms with van der Waals surface area (Å²) >= 11 is 0. The van der Waals surface area contributed by atoms with Crippen LogP contribution < -0.4 is 0 Å². The van der Waals surface area contributed by atoms with Crippen LogP contribution in [-0.4, -0.2) is 6.29 Å². The summed E-state index contributed by atoms with van der Waals surface area (Å²) < 4.78 is 0. The van der Waals surface area contributed by atoms with Crippen molar-refractivity contribution < 1.29 is 4.79 Å². The van der Waals surface area contributed by atoms with E-state index in [1.165, 1.54) is 25.7 Å². The highest BCUT2D eigenvalue weighted by Crippen LogP contribution is 2.50. The van der Waals surface area contributed by atoms with Crippen molar-refractivity contribution in [3.05, 3.63) is 0 Å². The second-order valence-corrected chi connectivity index (χ2v) is 3.39. The number of hydrogen-bond donors (Lipinski definition) is 0. The molecule has 2 atom stereocenters. The summed E-state index contributed by atoms with van der Waals surface area (Å²) in [4.78, 5) is 10.2. The van der Waals surface area contributed by atoms with E-state index in [-0.39, 0.29) is 0 Å². The number of rotatable bonds is 2. The Morgan fingerprint density at radius 3 is 2.44 bits per heavy atom. The molecule has 2 fully saturated rings. The molecule has 0 heterocycles. The number of aldehydes is 1. The highest BCUT2D eigenvalue weighted by Gasteiger charge is 2.44. The van der Waals surface area contributed by atoms with Crippen LogP contribution in [0.2, 0.25) is 0 Å². The van der Waals surface area contributed by atoms with Crippen LogP contribution in [0.25, 0.3) is 0 Å². The topological polar surface area (TPSA) is 17.1 Å². The van der Waals surface area contributed by atoms with Gasteiger partial charge in [-0.2, -0.15) is 0 Å². The van der Waals surface area contributed by atoms with E-state index in [4.69, 9.17) is 0 Å². The maximum absolute atomic E-state index is 10.2. The largest absolute Gasteiger partial charge is 0.303 e. The van der Waals surface area contributed by atoms with Crippen LogP contribution in [0, 0.1) is 17.8 Å². The third-order valence-electron chi connectivity index (χ3n) is 2.82. The van der Waals surface area contributed by atoms with Crippen molar-refractivity contribution in [3.8, 4) is 0 Å². The van der Waals surface area contributed by atoms with Crippen LogP contribution in [0.15, 0.2) is 0 Å². The molecule has 2 rings (SSSR count). The first-order valence-corrected chi connectivity index (χ1v) is 3.87. The Morgan fingerprint density at radius 2 is 2.11 bits per heavy atom. The van der Waals surface area contributed by atoms with E-state index in [1.807, 2.05) is 0 Å². The monoisotopic (exact) mass is 124 g/mol. The van der Waals surface area contributed by atoms with Crippen LogP contribution in [0.5, 0.6) is 0 Å². The van der Waals surface area contributed by atoms with Gasteiger partial charge in [-0.25, -0.2) is 0 Å². The fraction of sp³-hybridized carbons (Fsp3) is 0.875. The molecule has 2 aliphatic carbocycles. The van der Waals surface area contributed by atoms with Gasteiger partial charge in [0.15, 0.2) is 0 Å². The Kier molecular flexibility index (Phi) is 1.11. The first-order valence-electron chi connectivity index (χ1n) is 3.87. The summed E-state index contributed by atoms with van der Waals surface area (Å²) in [6.07, 6.45) is 6.55. The average Bonchev–Trinajstić information content (AvgIpc) is 2.42. The minimum Gasteiger partial charge on any atom is -0.303 e. The van der Waals surface area contributed by atoms with E-state index in [0.29, 0.717) is 5.92 Å². The summed E-state index contributed by atoms with van der Waals surface area (Å²) in [7, 11) is 0. The molecule has 2 saturated carbocycles. The fourth-order valence-corrected chi connectivity index (χ4v) is 1.80. The molecule has 1 heteroatoms. The summed E-state index contributed by atoms with van der Waals surface area (Å²) in [6.45, 7) is 0. The molecule has 0 N–H and O–H groups in total. The standard InChI is InChI=1S/C8H12O/c9-5-7-4-8(7)6-2-1-3-6/h5-8H,1-4H2. The molecular formula is C8H12O. The zero-order valence-electron chi connectivity index (χ0n) is 5.55. The van der Waals surface area contributed by atoms with Gasteiger partial charge in [-0.15, -0.1) is 0 Å². The molecule has 2 aliphatic rings. The second kappa shape index (κ2) is 1.83. The molecule has 0 saturated heterocycles. The van der Waals surface area contributed by atoms with E-state index in [0.717, 1.165) is 18.1 Å². The zero-order valence-corrected chi connectivity index (χ0v) is 5.55. The highest BCUT2D eigenvalue weighted by atomic mass is 16.1. The molecule has 2 unspecified atom stereocenters. The Labute approximate surface area is 55.4 Å². The number of hydrogen-bond acceptors (Lipinski definition) is 1. The van der Waals surface area contributed by atoms with Gasteiger partial charge in [0.25, 0.3) is 0 Å². The molecular weight excluding hydrogens is 112 g/mol. The normalized spacial score (nSPS) is 41.8. The lowest BCUT2D eigenvalue weighted by atomic mass is 9.81. The van der Waals surface area contributed by atoms with E-state index in [1.54, 1.807) is 0 Å². The minimum atomic E-state index is 0.468. The van der Waals surface area contributed by atoms with Gasteiger partial charge in [-0.1, -0.05) is 19.3 Å². The molecule has 0 aromatic carbocycles. The summed E-state index contributed by atoms with van der Waals surface area (Å²) in [6, 6.07) is 0. The van der Waals surface area contributed by atoms with Crippen molar-refractivity contribution in [2.24, 2.45) is 17.8 Å². The van der Waals surface area contributed by atoms with Crippen LogP contribution in [0.3, 0.4) is 0 Å². The smallest absolute Gasteiger partial charge is 0.123 e. The van der Waals surface area contributed by atoms with Gasteiger partial charge >= 0.3 is 0 Å². The maximum atomic E-state index is 10.2. The predicted octanol–water partition coefficient (Wildman–Crippen LogP) is 1.62. The molecule has 0 bridgehead atoms. The maximum Gasteiger partial charge on any atom is 0.123 e. The van der Waals surface area contributed by atoms with Gasteiger partial charge in [0, 0.05) is 5.92 Å². The third kappa shape index (κ3) is 0.790. The van der Waals surface area contributed by atoms with Crippen molar-refractivity contribution in [1.29, 1.82) is 0 Å². The Morgan fingerprint density at radius 1 is 1.33 bits per heavy atom. The first kappa shape index (κ1) is 5.45. The predicted molar refractivity (Wildman–Crippen MR) is 35.0 cm³/mol. The van der Waals surface area contributed by atoms with Crippen molar-refractivity contribution in [2.75, 3.05) is 0 Å². The average molecular weight is 124 g/mol. The van der Waals surface area contributed by atoms with Gasteiger partial charge in [-0.3, -0.25) is 0 Å². The van der Waals surface area contributed by atoms with Gasteiger partial charge < -0.3 is 4.79 Å². The minimum absolute atomic E-state index is 0.468.